The van der Waals surface area contributed by atoms with Crippen LogP contribution in [-0.2, 0) is 0 Å². The second-order valence-corrected chi connectivity index (χ2v) is 5.69. The number of terminal acetylenes is 1. The van der Waals surface area contributed by atoms with Crippen LogP contribution in [0.5, 0.6) is 5.75 Å². The molecule has 0 fully saturated rings. The van der Waals surface area contributed by atoms with Gasteiger partial charge < -0.3 is 9.84 Å². The molecule has 24 heavy (non-hydrogen) atoms. The highest BCUT2D eigenvalue weighted by molar-refractivity contribution is 5.49. The molecule has 0 heterocycles. The normalized spacial score (nSPS) is 11.8. The van der Waals surface area contributed by atoms with Crippen molar-refractivity contribution in [1.82, 2.24) is 0 Å². The largest absolute Gasteiger partial charge is 0.481 e. The van der Waals surface area contributed by atoms with E-state index in [0.29, 0.717) is 17.2 Å². The lowest BCUT2D eigenvalue weighted by molar-refractivity contribution is -0.386. The van der Waals surface area contributed by atoms with E-state index in [2.05, 4.69) is 19.8 Å². The maximum Gasteiger partial charge on any atom is 0.275 e. The summed E-state index contributed by atoms with van der Waals surface area (Å²) < 4.78 is 5.30. The van der Waals surface area contributed by atoms with E-state index >= 15 is 0 Å². The van der Waals surface area contributed by atoms with Crippen molar-refractivity contribution in [3.8, 4) is 18.1 Å². The maximum atomic E-state index is 11.2. The van der Waals surface area contributed by atoms with Gasteiger partial charge in [0.25, 0.3) is 5.69 Å². The minimum absolute atomic E-state index is 0.0520. The minimum atomic E-state index is -1.12. The van der Waals surface area contributed by atoms with Crippen molar-refractivity contribution in [1.29, 1.82) is 0 Å². The zero-order valence-electron chi connectivity index (χ0n) is 13.6. The predicted molar refractivity (Wildman–Crippen MR) is 92.0 cm³/mol. The van der Waals surface area contributed by atoms with Gasteiger partial charge in [-0.2, -0.15) is 0 Å². The van der Waals surface area contributed by atoms with E-state index in [9.17, 15) is 15.2 Å². The lowest BCUT2D eigenvalue weighted by Gasteiger charge is -2.14. The summed E-state index contributed by atoms with van der Waals surface area (Å²) in [6, 6.07) is 11.6. The van der Waals surface area contributed by atoms with Crippen molar-refractivity contribution in [3.05, 3.63) is 69.3 Å². The molecule has 0 unspecified atom stereocenters. The third-order valence-corrected chi connectivity index (χ3v) is 3.73. The highest BCUT2D eigenvalue weighted by Gasteiger charge is 2.23. The Bertz CT molecular complexity index is 760. The number of nitro benzene ring substituents is 1. The molecule has 0 aromatic heterocycles. The van der Waals surface area contributed by atoms with Gasteiger partial charge in [-0.1, -0.05) is 44.0 Å². The van der Waals surface area contributed by atoms with E-state index in [4.69, 9.17) is 11.2 Å². The first-order chi connectivity index (χ1) is 11.4. The smallest absolute Gasteiger partial charge is 0.275 e. The highest BCUT2D eigenvalue weighted by atomic mass is 16.6. The van der Waals surface area contributed by atoms with Crippen LogP contribution in [0.2, 0.25) is 0 Å². The van der Waals surface area contributed by atoms with Crippen LogP contribution in [0.3, 0.4) is 0 Å². The lowest BCUT2D eigenvalue weighted by atomic mass is 9.96. The molecular weight excluding hydrogens is 306 g/mol. The van der Waals surface area contributed by atoms with E-state index in [1.165, 1.54) is 18.2 Å². The van der Waals surface area contributed by atoms with Gasteiger partial charge in [-0.15, -0.1) is 6.42 Å². The molecule has 0 amide bonds. The van der Waals surface area contributed by atoms with Crippen LogP contribution in [-0.4, -0.2) is 16.6 Å². The fourth-order valence-corrected chi connectivity index (χ4v) is 2.38. The molecule has 2 aromatic carbocycles. The van der Waals surface area contributed by atoms with Crippen LogP contribution < -0.4 is 4.74 Å². The summed E-state index contributed by atoms with van der Waals surface area (Å²) in [6.07, 6.45) is 4.03. The first kappa shape index (κ1) is 17.5. The third-order valence-electron chi connectivity index (χ3n) is 3.73. The summed E-state index contributed by atoms with van der Waals surface area (Å²) in [5.41, 5.74) is 1.72. The number of aliphatic hydroxyl groups excluding tert-OH is 1. The summed E-state index contributed by atoms with van der Waals surface area (Å²) in [7, 11) is 0. The number of nitrogens with zero attached hydrogens (tertiary/aromatic N) is 1. The van der Waals surface area contributed by atoms with Gasteiger partial charge in [-0.05, 0) is 29.2 Å². The molecule has 0 aliphatic rings. The summed E-state index contributed by atoms with van der Waals surface area (Å²) in [5, 5.41) is 21.8. The highest BCUT2D eigenvalue weighted by Crippen LogP contribution is 2.33. The topological polar surface area (TPSA) is 72.6 Å². The molecule has 5 nitrogen and oxygen atoms in total. The Balaban J connectivity index is 2.40. The molecule has 0 saturated heterocycles. The standard InChI is InChI=1S/C19H19NO4/c1-4-11-24-16-9-10-18(20(22)23)17(12-16)19(21)15-7-5-14(6-8-15)13(2)3/h1,5-10,12-13,19,21H,11H2,2-3H3/t19-/m0/s1. The second kappa shape index (κ2) is 7.62. The number of hydrogen-bond acceptors (Lipinski definition) is 4. The first-order valence-electron chi connectivity index (χ1n) is 7.56. The monoisotopic (exact) mass is 325 g/mol. The van der Waals surface area contributed by atoms with Gasteiger partial charge in [0.1, 0.15) is 18.5 Å². The Morgan fingerprint density at radius 2 is 1.83 bits per heavy atom. The molecule has 1 atom stereocenters. The van der Waals surface area contributed by atoms with Crippen molar-refractivity contribution in [2.24, 2.45) is 0 Å². The molecule has 0 aliphatic heterocycles. The second-order valence-electron chi connectivity index (χ2n) is 5.69. The van der Waals surface area contributed by atoms with Gasteiger partial charge >= 0.3 is 0 Å². The first-order valence-corrected chi connectivity index (χ1v) is 7.56. The van der Waals surface area contributed by atoms with E-state index in [0.717, 1.165) is 5.56 Å². The zero-order chi connectivity index (χ0) is 17.7. The number of aliphatic hydroxyl groups is 1. The van der Waals surface area contributed by atoms with Gasteiger partial charge in [0, 0.05) is 6.07 Å². The Morgan fingerprint density at radius 1 is 1.21 bits per heavy atom. The molecule has 0 radical (unpaired) electrons. The van der Waals surface area contributed by atoms with E-state index < -0.39 is 11.0 Å². The quantitative estimate of drug-likeness (QED) is 0.498. The molecule has 0 bridgehead atoms. The lowest BCUT2D eigenvalue weighted by Crippen LogP contribution is -2.05. The zero-order valence-corrected chi connectivity index (χ0v) is 13.6. The number of ether oxygens (including phenoxy) is 1. The van der Waals surface area contributed by atoms with Crippen LogP contribution in [0.15, 0.2) is 42.5 Å². The number of benzene rings is 2. The van der Waals surface area contributed by atoms with Crippen LogP contribution in [0.25, 0.3) is 0 Å². The third kappa shape index (κ3) is 3.92. The fourth-order valence-electron chi connectivity index (χ4n) is 2.38. The van der Waals surface area contributed by atoms with Gasteiger partial charge in [-0.25, -0.2) is 0 Å². The van der Waals surface area contributed by atoms with Crippen molar-refractivity contribution in [2.75, 3.05) is 6.61 Å². The predicted octanol–water partition coefficient (Wildman–Crippen LogP) is 3.81. The Labute approximate surface area is 141 Å². The molecule has 5 heteroatoms. The van der Waals surface area contributed by atoms with E-state index in [1.807, 2.05) is 12.1 Å². The average molecular weight is 325 g/mol. The maximum absolute atomic E-state index is 11.2. The summed E-state index contributed by atoms with van der Waals surface area (Å²) >= 11 is 0. The number of nitro groups is 1. The number of hydrogen-bond donors (Lipinski definition) is 1. The van der Waals surface area contributed by atoms with E-state index in [-0.39, 0.29) is 17.9 Å². The summed E-state index contributed by atoms with van der Waals surface area (Å²) in [5.74, 6) is 3.08. The van der Waals surface area contributed by atoms with Gasteiger partial charge in [0.2, 0.25) is 0 Å². The van der Waals surface area contributed by atoms with Gasteiger partial charge in [0.05, 0.1) is 10.5 Å². The van der Waals surface area contributed by atoms with Crippen molar-refractivity contribution in [3.63, 3.8) is 0 Å². The van der Waals surface area contributed by atoms with Gasteiger partial charge in [-0.3, -0.25) is 10.1 Å². The summed E-state index contributed by atoms with van der Waals surface area (Å²) in [6.45, 7) is 4.20. The molecule has 2 rings (SSSR count). The molecule has 0 saturated carbocycles. The summed E-state index contributed by atoms with van der Waals surface area (Å²) in [4.78, 5) is 10.7. The molecule has 1 N–H and O–H groups in total. The average Bonchev–Trinajstić information content (AvgIpc) is 2.59. The van der Waals surface area contributed by atoms with Crippen LogP contribution in [0, 0.1) is 22.5 Å². The molecule has 0 spiro atoms. The van der Waals surface area contributed by atoms with Crippen molar-refractivity contribution >= 4 is 5.69 Å². The molecular formula is C19H19NO4. The van der Waals surface area contributed by atoms with Crippen LogP contribution in [0.1, 0.15) is 42.6 Å². The van der Waals surface area contributed by atoms with Gasteiger partial charge in [0.15, 0.2) is 0 Å². The minimum Gasteiger partial charge on any atom is -0.481 e. The number of rotatable bonds is 6. The Hall–Kier alpha value is -2.84. The Morgan fingerprint density at radius 3 is 2.38 bits per heavy atom. The Kier molecular flexibility index (Phi) is 5.56. The van der Waals surface area contributed by atoms with Crippen molar-refractivity contribution < 1.29 is 14.8 Å². The molecule has 124 valence electrons. The molecule has 2 aromatic rings. The van der Waals surface area contributed by atoms with Crippen LogP contribution >= 0.6 is 0 Å². The SMILES string of the molecule is C#CCOc1ccc([N+](=O)[O-])c([C@@H](O)c2ccc(C(C)C)cc2)c1. The molecule has 0 aliphatic carbocycles. The van der Waals surface area contributed by atoms with Crippen molar-refractivity contribution in [2.45, 2.75) is 25.9 Å². The fraction of sp³-hybridized carbons (Fsp3) is 0.263. The van der Waals surface area contributed by atoms with Crippen LogP contribution in [0.4, 0.5) is 5.69 Å². The van der Waals surface area contributed by atoms with E-state index in [1.54, 1.807) is 12.1 Å².